The van der Waals surface area contributed by atoms with E-state index in [0.29, 0.717) is 17.5 Å². The summed E-state index contributed by atoms with van der Waals surface area (Å²) in [6.07, 6.45) is 3.23. The van der Waals surface area contributed by atoms with Crippen molar-refractivity contribution in [3.05, 3.63) is 57.8 Å². The van der Waals surface area contributed by atoms with Gasteiger partial charge in [-0.1, -0.05) is 42.1 Å². The Kier molecular flexibility index (Phi) is 5.54. The lowest BCUT2D eigenvalue weighted by Gasteiger charge is -2.33. The van der Waals surface area contributed by atoms with Crippen LogP contribution < -0.4 is 0 Å². The molecule has 0 fully saturated rings. The second kappa shape index (κ2) is 8.22. The number of tetrazole rings is 1. The number of aromatic nitrogens is 4. The molecular weight excluding hydrogens is 378 g/mol. The highest BCUT2D eigenvalue weighted by molar-refractivity contribution is 7.99. The number of fused-ring (bicyclic) bond motifs is 1. The molecule has 1 amide bonds. The molecule has 140 valence electrons. The summed E-state index contributed by atoms with van der Waals surface area (Å²) in [5.74, 6) is 0.437. The van der Waals surface area contributed by atoms with Gasteiger partial charge in [-0.2, -0.15) is 0 Å². The maximum absolute atomic E-state index is 12.8. The second-order valence-electron chi connectivity index (χ2n) is 6.60. The summed E-state index contributed by atoms with van der Waals surface area (Å²) in [6.45, 7) is 0.632. The van der Waals surface area contributed by atoms with Crippen LogP contribution in [0.5, 0.6) is 0 Å². The summed E-state index contributed by atoms with van der Waals surface area (Å²) in [5, 5.41) is 14.6. The van der Waals surface area contributed by atoms with Crippen molar-refractivity contribution in [3.8, 4) is 0 Å². The first-order valence-corrected chi connectivity index (χ1v) is 10.8. The molecule has 4 rings (SSSR count). The number of carbonyl (C=O) groups is 1. The Morgan fingerprint density at radius 3 is 3.07 bits per heavy atom. The zero-order valence-electron chi connectivity index (χ0n) is 15.1. The van der Waals surface area contributed by atoms with Gasteiger partial charge in [0.15, 0.2) is 0 Å². The van der Waals surface area contributed by atoms with Gasteiger partial charge in [-0.05, 0) is 52.3 Å². The van der Waals surface area contributed by atoms with Crippen LogP contribution >= 0.6 is 23.1 Å². The van der Waals surface area contributed by atoms with E-state index < -0.39 is 0 Å². The molecule has 0 saturated heterocycles. The van der Waals surface area contributed by atoms with Crippen LogP contribution in [-0.4, -0.2) is 43.8 Å². The lowest BCUT2D eigenvalue weighted by atomic mass is 9.87. The third-order valence-electron chi connectivity index (χ3n) is 4.91. The molecular formula is C19H21N5OS2. The molecule has 0 aliphatic heterocycles. The van der Waals surface area contributed by atoms with Crippen molar-refractivity contribution in [1.82, 2.24) is 25.1 Å². The van der Waals surface area contributed by atoms with Gasteiger partial charge in [-0.15, -0.1) is 16.4 Å². The maximum Gasteiger partial charge on any atom is 0.233 e. The molecule has 1 aliphatic rings. The Balaban J connectivity index is 1.40. The molecule has 0 bridgehead atoms. The highest BCUT2D eigenvalue weighted by atomic mass is 32.2. The van der Waals surface area contributed by atoms with E-state index in [1.165, 1.54) is 27.8 Å². The lowest BCUT2D eigenvalue weighted by molar-refractivity contribution is -0.129. The zero-order chi connectivity index (χ0) is 18.6. The highest BCUT2D eigenvalue weighted by Crippen LogP contribution is 2.33. The van der Waals surface area contributed by atoms with Crippen molar-refractivity contribution in [2.45, 2.75) is 37.0 Å². The standard InChI is InChI=1S/C19H21N5OS2/c1-23(17-10-4-7-14-6-2-3-9-16(14)17)18(25)13-27-19-20-21-22-24(19)12-15-8-5-11-26-15/h2-3,5-6,8-9,11,17H,4,7,10,12-13H2,1H3/t17-/m1/s1. The average molecular weight is 400 g/mol. The first-order chi connectivity index (χ1) is 13.2. The van der Waals surface area contributed by atoms with E-state index in [-0.39, 0.29) is 11.9 Å². The normalized spacial score (nSPS) is 16.1. The van der Waals surface area contributed by atoms with Crippen molar-refractivity contribution < 1.29 is 4.79 Å². The number of carbonyl (C=O) groups excluding carboxylic acids is 1. The van der Waals surface area contributed by atoms with Gasteiger partial charge in [0.1, 0.15) is 0 Å². The van der Waals surface area contributed by atoms with Gasteiger partial charge in [-0.3, -0.25) is 4.79 Å². The van der Waals surface area contributed by atoms with Crippen molar-refractivity contribution in [1.29, 1.82) is 0 Å². The molecule has 1 aliphatic carbocycles. The number of aryl methyl sites for hydroxylation is 1. The van der Waals surface area contributed by atoms with Crippen molar-refractivity contribution in [2.75, 3.05) is 12.8 Å². The molecule has 0 saturated carbocycles. The molecule has 1 aromatic carbocycles. The summed E-state index contributed by atoms with van der Waals surface area (Å²) >= 11 is 3.07. The molecule has 0 spiro atoms. The number of hydrogen-bond acceptors (Lipinski definition) is 6. The molecule has 3 aromatic rings. The van der Waals surface area contributed by atoms with E-state index in [1.807, 2.05) is 23.4 Å². The number of hydrogen-bond donors (Lipinski definition) is 0. The van der Waals surface area contributed by atoms with Gasteiger partial charge in [-0.25, -0.2) is 4.68 Å². The smallest absolute Gasteiger partial charge is 0.233 e. The van der Waals surface area contributed by atoms with Crippen molar-refractivity contribution in [3.63, 3.8) is 0 Å². The molecule has 6 nitrogen and oxygen atoms in total. The molecule has 0 unspecified atom stereocenters. The molecule has 1 atom stereocenters. The SMILES string of the molecule is CN(C(=O)CSc1nnnn1Cc1cccs1)[C@@H]1CCCc2ccccc21. The Morgan fingerprint density at radius 1 is 1.33 bits per heavy atom. The molecule has 2 aromatic heterocycles. The molecule has 2 heterocycles. The van der Waals surface area contributed by atoms with Crippen LogP contribution in [0.25, 0.3) is 0 Å². The quantitative estimate of drug-likeness (QED) is 0.595. The maximum atomic E-state index is 12.8. The number of amides is 1. The van der Waals surface area contributed by atoms with E-state index in [9.17, 15) is 4.79 Å². The summed E-state index contributed by atoms with van der Waals surface area (Å²) in [4.78, 5) is 15.9. The lowest BCUT2D eigenvalue weighted by Crippen LogP contribution is -2.34. The number of thiophene rings is 1. The third-order valence-corrected chi connectivity index (χ3v) is 6.71. The van der Waals surface area contributed by atoms with Gasteiger partial charge in [0.05, 0.1) is 18.3 Å². The van der Waals surface area contributed by atoms with Crippen molar-refractivity contribution in [2.24, 2.45) is 0 Å². The van der Waals surface area contributed by atoms with Crippen LogP contribution in [0.2, 0.25) is 0 Å². The van der Waals surface area contributed by atoms with Gasteiger partial charge >= 0.3 is 0 Å². The highest BCUT2D eigenvalue weighted by Gasteiger charge is 2.26. The van der Waals surface area contributed by atoms with Crippen LogP contribution in [0, 0.1) is 0 Å². The minimum atomic E-state index is 0.104. The predicted molar refractivity (Wildman–Crippen MR) is 107 cm³/mol. The summed E-state index contributed by atoms with van der Waals surface area (Å²) in [5.41, 5.74) is 2.65. The first-order valence-electron chi connectivity index (χ1n) is 8.97. The van der Waals surface area contributed by atoms with Crippen LogP contribution in [-0.2, 0) is 17.8 Å². The summed E-state index contributed by atoms with van der Waals surface area (Å²) in [7, 11) is 1.91. The van der Waals surface area contributed by atoms with E-state index in [0.717, 1.165) is 19.3 Å². The van der Waals surface area contributed by atoms with Crippen LogP contribution in [0.1, 0.15) is 34.9 Å². The number of nitrogens with zero attached hydrogens (tertiary/aromatic N) is 5. The average Bonchev–Trinajstić information content (AvgIpc) is 3.37. The monoisotopic (exact) mass is 399 g/mol. The number of rotatable bonds is 6. The van der Waals surface area contributed by atoms with E-state index in [4.69, 9.17) is 0 Å². The molecule has 0 radical (unpaired) electrons. The topological polar surface area (TPSA) is 63.9 Å². The predicted octanol–water partition coefficient (Wildman–Crippen LogP) is 3.41. The van der Waals surface area contributed by atoms with E-state index >= 15 is 0 Å². The van der Waals surface area contributed by atoms with Gasteiger partial charge in [0.25, 0.3) is 0 Å². The van der Waals surface area contributed by atoms with Gasteiger partial charge in [0.2, 0.25) is 11.1 Å². The number of benzene rings is 1. The first kappa shape index (κ1) is 18.2. The molecule has 8 heteroatoms. The number of thioether (sulfide) groups is 1. The zero-order valence-corrected chi connectivity index (χ0v) is 16.7. The Morgan fingerprint density at radius 2 is 2.22 bits per heavy atom. The van der Waals surface area contributed by atoms with Gasteiger partial charge < -0.3 is 4.90 Å². The Labute approximate surface area is 166 Å². The van der Waals surface area contributed by atoms with E-state index in [2.05, 4.69) is 45.9 Å². The third kappa shape index (κ3) is 4.06. The minimum absolute atomic E-state index is 0.104. The summed E-state index contributed by atoms with van der Waals surface area (Å²) < 4.78 is 1.75. The van der Waals surface area contributed by atoms with E-state index in [1.54, 1.807) is 16.0 Å². The van der Waals surface area contributed by atoms with Crippen LogP contribution in [0.4, 0.5) is 0 Å². The Hall–Kier alpha value is -2.19. The largest absolute Gasteiger partial charge is 0.338 e. The van der Waals surface area contributed by atoms with Crippen LogP contribution in [0.15, 0.2) is 46.9 Å². The second-order valence-corrected chi connectivity index (χ2v) is 8.57. The Bertz CT molecular complexity index is 908. The van der Waals surface area contributed by atoms with Crippen LogP contribution in [0.3, 0.4) is 0 Å². The molecule has 0 N–H and O–H groups in total. The fraction of sp³-hybridized carbons (Fsp3) is 0.368. The fourth-order valence-corrected chi connectivity index (χ4v) is 4.97. The van der Waals surface area contributed by atoms with Gasteiger partial charge in [0, 0.05) is 11.9 Å². The molecule has 27 heavy (non-hydrogen) atoms. The summed E-state index contributed by atoms with van der Waals surface area (Å²) in [6, 6.07) is 12.7. The fourth-order valence-electron chi connectivity index (χ4n) is 3.48. The van der Waals surface area contributed by atoms with Crippen molar-refractivity contribution >= 4 is 29.0 Å². The minimum Gasteiger partial charge on any atom is -0.338 e.